The smallest absolute Gasteiger partial charge is 0.271 e. The van der Waals surface area contributed by atoms with E-state index < -0.39 is 0 Å². The van der Waals surface area contributed by atoms with E-state index in [1.165, 1.54) is 11.3 Å². The van der Waals surface area contributed by atoms with Gasteiger partial charge in [-0.2, -0.15) is 5.10 Å². The van der Waals surface area contributed by atoms with Crippen molar-refractivity contribution in [3.05, 3.63) is 57.4 Å². The SMILES string of the molecule is Cc1cc(C)n(-c2ccc(CNC(=O)c3csc(CN)n3)cn2)n1. The van der Waals surface area contributed by atoms with Gasteiger partial charge in [0.2, 0.25) is 0 Å². The summed E-state index contributed by atoms with van der Waals surface area (Å²) < 4.78 is 1.79. The lowest BCUT2D eigenvalue weighted by molar-refractivity contribution is 0.0946. The van der Waals surface area contributed by atoms with E-state index in [2.05, 4.69) is 20.4 Å². The predicted octanol–water partition coefficient (Wildman–Crippen LogP) is 1.73. The average molecular weight is 342 g/mol. The van der Waals surface area contributed by atoms with E-state index in [-0.39, 0.29) is 5.91 Å². The van der Waals surface area contributed by atoms with Crippen molar-refractivity contribution in [2.24, 2.45) is 5.73 Å². The number of aromatic nitrogens is 4. The number of rotatable bonds is 5. The molecule has 3 rings (SSSR count). The van der Waals surface area contributed by atoms with Crippen molar-refractivity contribution >= 4 is 17.2 Å². The van der Waals surface area contributed by atoms with Gasteiger partial charge in [0.1, 0.15) is 10.7 Å². The minimum Gasteiger partial charge on any atom is -0.347 e. The highest BCUT2D eigenvalue weighted by Crippen LogP contribution is 2.11. The molecule has 0 radical (unpaired) electrons. The summed E-state index contributed by atoms with van der Waals surface area (Å²) in [5.74, 6) is 0.538. The highest BCUT2D eigenvalue weighted by molar-refractivity contribution is 7.09. The molecule has 0 aliphatic rings. The van der Waals surface area contributed by atoms with Crippen LogP contribution in [0.25, 0.3) is 5.82 Å². The first-order valence-corrected chi connectivity index (χ1v) is 8.36. The molecule has 0 unspecified atom stereocenters. The number of thiazole rings is 1. The van der Waals surface area contributed by atoms with Crippen LogP contribution in [0.3, 0.4) is 0 Å². The lowest BCUT2D eigenvalue weighted by atomic mass is 10.2. The van der Waals surface area contributed by atoms with Crippen LogP contribution in [0.15, 0.2) is 29.8 Å². The number of hydrogen-bond donors (Lipinski definition) is 2. The van der Waals surface area contributed by atoms with Gasteiger partial charge in [-0.25, -0.2) is 14.6 Å². The lowest BCUT2D eigenvalue weighted by Gasteiger charge is -2.06. The van der Waals surface area contributed by atoms with E-state index in [1.807, 2.05) is 32.0 Å². The molecule has 0 saturated carbocycles. The molecular weight excluding hydrogens is 324 g/mol. The van der Waals surface area contributed by atoms with Crippen molar-refractivity contribution < 1.29 is 4.79 Å². The van der Waals surface area contributed by atoms with Gasteiger partial charge in [-0.15, -0.1) is 11.3 Å². The summed E-state index contributed by atoms with van der Waals surface area (Å²) in [6.07, 6.45) is 1.73. The Morgan fingerprint density at radius 1 is 1.38 bits per heavy atom. The Labute approximate surface area is 143 Å². The summed E-state index contributed by atoms with van der Waals surface area (Å²) in [7, 11) is 0. The van der Waals surface area contributed by atoms with Crippen LogP contribution in [0.4, 0.5) is 0 Å². The largest absolute Gasteiger partial charge is 0.347 e. The third-order valence-electron chi connectivity index (χ3n) is 3.45. The molecule has 0 aliphatic carbocycles. The second kappa shape index (κ2) is 6.90. The zero-order valence-electron chi connectivity index (χ0n) is 13.5. The number of hydrogen-bond acceptors (Lipinski definition) is 6. The third-order valence-corrected chi connectivity index (χ3v) is 4.32. The quantitative estimate of drug-likeness (QED) is 0.736. The van der Waals surface area contributed by atoms with E-state index in [0.717, 1.165) is 27.8 Å². The minimum absolute atomic E-state index is 0.214. The lowest BCUT2D eigenvalue weighted by Crippen LogP contribution is -2.23. The van der Waals surface area contributed by atoms with Crippen molar-refractivity contribution in [1.82, 2.24) is 25.1 Å². The number of carbonyl (C=O) groups is 1. The summed E-state index contributed by atoms with van der Waals surface area (Å²) in [5.41, 5.74) is 8.78. The number of nitrogens with two attached hydrogens (primary N) is 1. The second-order valence-corrected chi connectivity index (χ2v) is 6.32. The Morgan fingerprint density at radius 3 is 2.79 bits per heavy atom. The summed E-state index contributed by atoms with van der Waals surface area (Å²) in [6, 6.07) is 5.81. The molecule has 24 heavy (non-hydrogen) atoms. The fraction of sp³-hybridized carbons (Fsp3) is 0.250. The van der Waals surface area contributed by atoms with Gasteiger partial charge in [0.25, 0.3) is 5.91 Å². The van der Waals surface area contributed by atoms with Gasteiger partial charge in [-0.1, -0.05) is 6.07 Å². The van der Waals surface area contributed by atoms with E-state index in [9.17, 15) is 4.79 Å². The summed E-state index contributed by atoms with van der Waals surface area (Å²) in [5, 5.41) is 9.69. The third kappa shape index (κ3) is 3.50. The van der Waals surface area contributed by atoms with Crippen LogP contribution in [0, 0.1) is 13.8 Å². The summed E-state index contributed by atoms with van der Waals surface area (Å²) in [6.45, 7) is 4.66. The Morgan fingerprint density at radius 2 is 2.21 bits per heavy atom. The molecule has 0 aromatic carbocycles. The van der Waals surface area contributed by atoms with Crippen LogP contribution >= 0.6 is 11.3 Å². The molecule has 8 heteroatoms. The molecule has 0 fully saturated rings. The average Bonchev–Trinajstić information content (AvgIpc) is 3.19. The molecule has 1 amide bonds. The van der Waals surface area contributed by atoms with Gasteiger partial charge in [-0.05, 0) is 31.5 Å². The molecule has 0 aliphatic heterocycles. The first-order chi connectivity index (χ1) is 11.6. The number of nitrogens with one attached hydrogen (secondary N) is 1. The molecule has 3 N–H and O–H groups in total. The van der Waals surface area contributed by atoms with Crippen molar-refractivity contribution in [3.8, 4) is 5.82 Å². The molecule has 3 heterocycles. The van der Waals surface area contributed by atoms with Crippen LogP contribution in [-0.2, 0) is 13.1 Å². The molecule has 0 saturated heterocycles. The van der Waals surface area contributed by atoms with Gasteiger partial charge in [0.15, 0.2) is 5.82 Å². The predicted molar refractivity (Wildman–Crippen MR) is 92.0 cm³/mol. The number of amides is 1. The van der Waals surface area contributed by atoms with Gasteiger partial charge < -0.3 is 11.1 Å². The monoisotopic (exact) mass is 342 g/mol. The van der Waals surface area contributed by atoms with E-state index in [1.54, 1.807) is 16.3 Å². The topological polar surface area (TPSA) is 98.7 Å². The normalized spacial score (nSPS) is 10.8. The highest BCUT2D eigenvalue weighted by atomic mass is 32.1. The standard InChI is InChI=1S/C16H18N6OS/c1-10-5-11(2)22(21-10)14-4-3-12(7-18-14)8-19-16(23)13-9-24-15(6-17)20-13/h3-5,7,9H,6,8,17H2,1-2H3,(H,19,23). The molecule has 7 nitrogen and oxygen atoms in total. The maximum Gasteiger partial charge on any atom is 0.271 e. The number of pyridine rings is 1. The van der Waals surface area contributed by atoms with E-state index in [0.29, 0.717) is 18.8 Å². The van der Waals surface area contributed by atoms with Crippen molar-refractivity contribution in [3.63, 3.8) is 0 Å². The van der Waals surface area contributed by atoms with Crippen LogP contribution in [-0.4, -0.2) is 25.7 Å². The minimum atomic E-state index is -0.214. The fourth-order valence-corrected chi connectivity index (χ4v) is 2.94. The number of nitrogens with zero attached hydrogens (tertiary/aromatic N) is 4. The number of aryl methyl sites for hydroxylation is 2. The first-order valence-electron chi connectivity index (χ1n) is 7.48. The van der Waals surface area contributed by atoms with Crippen molar-refractivity contribution in [2.45, 2.75) is 26.9 Å². The molecule has 3 aromatic rings. The van der Waals surface area contributed by atoms with Crippen LogP contribution in [0.1, 0.15) is 32.4 Å². The molecule has 0 spiro atoms. The van der Waals surface area contributed by atoms with Crippen LogP contribution in [0.2, 0.25) is 0 Å². The zero-order valence-corrected chi connectivity index (χ0v) is 14.3. The zero-order chi connectivity index (χ0) is 17.1. The van der Waals surface area contributed by atoms with Crippen LogP contribution in [0.5, 0.6) is 0 Å². The molecule has 3 aromatic heterocycles. The summed E-state index contributed by atoms with van der Waals surface area (Å²) >= 11 is 1.38. The maximum atomic E-state index is 12.0. The molecule has 124 valence electrons. The maximum absolute atomic E-state index is 12.0. The van der Waals surface area contributed by atoms with Crippen molar-refractivity contribution in [1.29, 1.82) is 0 Å². The van der Waals surface area contributed by atoms with Gasteiger partial charge >= 0.3 is 0 Å². The fourth-order valence-electron chi connectivity index (χ4n) is 2.29. The van der Waals surface area contributed by atoms with E-state index in [4.69, 9.17) is 5.73 Å². The van der Waals surface area contributed by atoms with Crippen LogP contribution < -0.4 is 11.1 Å². The Kier molecular flexibility index (Phi) is 4.68. The summed E-state index contributed by atoms with van der Waals surface area (Å²) in [4.78, 5) is 20.6. The molecule has 0 atom stereocenters. The highest BCUT2D eigenvalue weighted by Gasteiger charge is 2.10. The molecule has 0 bridgehead atoms. The van der Waals surface area contributed by atoms with Crippen molar-refractivity contribution in [2.75, 3.05) is 0 Å². The Hall–Kier alpha value is -2.58. The Balaban J connectivity index is 1.64. The molecular formula is C16H18N6OS. The van der Waals surface area contributed by atoms with Gasteiger partial charge in [0.05, 0.1) is 5.69 Å². The van der Waals surface area contributed by atoms with Gasteiger partial charge in [-0.3, -0.25) is 4.79 Å². The first kappa shape index (κ1) is 16.3. The second-order valence-electron chi connectivity index (χ2n) is 5.38. The van der Waals surface area contributed by atoms with E-state index >= 15 is 0 Å². The number of carbonyl (C=O) groups excluding carboxylic acids is 1. The van der Waals surface area contributed by atoms with Gasteiger partial charge in [0, 0.05) is 30.4 Å². The Bertz CT molecular complexity index is 852.